The van der Waals surface area contributed by atoms with Crippen LogP contribution in [0.15, 0.2) is 12.7 Å². The van der Waals surface area contributed by atoms with Crippen LogP contribution in [-0.2, 0) is 0 Å². The van der Waals surface area contributed by atoms with Crippen molar-refractivity contribution in [2.24, 2.45) is 5.41 Å². The van der Waals surface area contributed by atoms with Crippen molar-refractivity contribution < 1.29 is 5.11 Å². The number of hydrogen-bond donors (Lipinski definition) is 1. The van der Waals surface area contributed by atoms with Crippen molar-refractivity contribution in [3.8, 4) is 0 Å². The molecule has 0 aliphatic carbocycles. The number of rotatable bonds is 5. The molecule has 2 rings (SSSR count). The summed E-state index contributed by atoms with van der Waals surface area (Å²) in [4.78, 5) is 7.27. The molecule has 2 aliphatic heterocycles. The number of likely N-dealkylation sites (tertiary alicyclic amines) is 1. The zero-order chi connectivity index (χ0) is 14.8. The lowest BCUT2D eigenvalue weighted by Crippen LogP contribution is -2.52. The van der Waals surface area contributed by atoms with E-state index in [1.54, 1.807) is 0 Å². The third-order valence-corrected chi connectivity index (χ3v) is 4.69. The number of β-amino-alcohol motifs (C(OH)–C–C–N with tert-alkyl or cyclic N) is 1. The monoisotopic (exact) mass is 281 g/mol. The van der Waals surface area contributed by atoms with Gasteiger partial charge >= 0.3 is 0 Å². The van der Waals surface area contributed by atoms with E-state index in [0.29, 0.717) is 6.04 Å². The maximum absolute atomic E-state index is 10.4. The lowest BCUT2D eigenvalue weighted by Gasteiger charge is -2.37. The van der Waals surface area contributed by atoms with Crippen molar-refractivity contribution in [2.45, 2.75) is 32.4 Å². The minimum atomic E-state index is -0.196. The molecular weight excluding hydrogens is 250 g/mol. The molecule has 2 atom stereocenters. The number of aliphatic hydroxyl groups excluding tert-OH is 1. The van der Waals surface area contributed by atoms with Gasteiger partial charge in [-0.2, -0.15) is 0 Å². The topological polar surface area (TPSA) is 30.0 Å². The minimum absolute atomic E-state index is 0.196. The summed E-state index contributed by atoms with van der Waals surface area (Å²) < 4.78 is 0. The quantitative estimate of drug-likeness (QED) is 0.758. The van der Waals surface area contributed by atoms with Gasteiger partial charge in [-0.3, -0.25) is 9.80 Å². The smallest absolute Gasteiger partial charge is 0.0834 e. The van der Waals surface area contributed by atoms with Gasteiger partial charge in [-0.1, -0.05) is 19.9 Å². The SMILES string of the molecule is C=CCC(C)(C)CN1C[C@@H](O)[C@H](N2CCN(C)CC2)C1. The molecule has 0 aromatic carbocycles. The second-order valence-electron chi connectivity index (χ2n) is 7.33. The summed E-state index contributed by atoms with van der Waals surface area (Å²) in [6.45, 7) is 15.7. The molecule has 2 heterocycles. The predicted molar refractivity (Wildman–Crippen MR) is 83.9 cm³/mol. The molecular formula is C16H31N3O. The molecule has 2 aliphatic rings. The fraction of sp³-hybridized carbons (Fsp3) is 0.875. The highest BCUT2D eigenvalue weighted by Gasteiger charge is 2.37. The second kappa shape index (κ2) is 6.56. The molecule has 4 nitrogen and oxygen atoms in total. The van der Waals surface area contributed by atoms with Crippen LogP contribution in [0, 0.1) is 5.41 Å². The van der Waals surface area contributed by atoms with Gasteiger partial charge in [-0.25, -0.2) is 0 Å². The van der Waals surface area contributed by atoms with Crippen LogP contribution in [0.5, 0.6) is 0 Å². The Bertz CT molecular complexity index is 324. The average molecular weight is 281 g/mol. The van der Waals surface area contributed by atoms with Crippen molar-refractivity contribution in [1.82, 2.24) is 14.7 Å². The molecule has 0 spiro atoms. The van der Waals surface area contributed by atoms with Crippen molar-refractivity contribution in [3.63, 3.8) is 0 Å². The summed E-state index contributed by atoms with van der Waals surface area (Å²) in [7, 11) is 2.17. The molecule has 0 amide bonds. The van der Waals surface area contributed by atoms with Gasteiger partial charge in [0.15, 0.2) is 0 Å². The first-order chi connectivity index (χ1) is 9.41. The molecule has 20 heavy (non-hydrogen) atoms. The van der Waals surface area contributed by atoms with Crippen LogP contribution in [-0.4, -0.2) is 84.8 Å². The van der Waals surface area contributed by atoms with Crippen molar-refractivity contribution in [1.29, 1.82) is 0 Å². The van der Waals surface area contributed by atoms with Crippen LogP contribution >= 0.6 is 0 Å². The Morgan fingerprint density at radius 1 is 1.20 bits per heavy atom. The van der Waals surface area contributed by atoms with Crippen LogP contribution in [0.2, 0.25) is 0 Å². The first-order valence-electron chi connectivity index (χ1n) is 7.85. The highest BCUT2D eigenvalue weighted by Crippen LogP contribution is 2.26. The lowest BCUT2D eigenvalue weighted by atomic mass is 9.89. The molecule has 0 radical (unpaired) electrons. The Kier molecular flexibility index (Phi) is 5.24. The van der Waals surface area contributed by atoms with E-state index in [-0.39, 0.29) is 11.5 Å². The molecule has 116 valence electrons. The summed E-state index contributed by atoms with van der Waals surface area (Å²) in [5.41, 5.74) is 0.248. The zero-order valence-corrected chi connectivity index (χ0v) is 13.4. The van der Waals surface area contributed by atoms with E-state index in [1.165, 1.54) is 0 Å². The molecule has 0 aromatic rings. The van der Waals surface area contributed by atoms with Gasteiger partial charge in [-0.05, 0) is 18.9 Å². The summed E-state index contributed by atoms with van der Waals surface area (Å²) in [6, 6.07) is 0.322. The van der Waals surface area contributed by atoms with Gasteiger partial charge in [-0.15, -0.1) is 6.58 Å². The van der Waals surface area contributed by atoms with Crippen LogP contribution in [0.1, 0.15) is 20.3 Å². The highest BCUT2D eigenvalue weighted by molar-refractivity contribution is 4.94. The Morgan fingerprint density at radius 2 is 1.85 bits per heavy atom. The van der Waals surface area contributed by atoms with Crippen molar-refractivity contribution in [2.75, 3.05) is 52.9 Å². The van der Waals surface area contributed by atoms with E-state index < -0.39 is 0 Å². The van der Waals surface area contributed by atoms with Gasteiger partial charge < -0.3 is 10.0 Å². The minimum Gasteiger partial charge on any atom is -0.390 e. The third-order valence-electron chi connectivity index (χ3n) is 4.69. The summed E-state index contributed by atoms with van der Waals surface area (Å²) in [5.74, 6) is 0. The Morgan fingerprint density at radius 3 is 2.45 bits per heavy atom. The first-order valence-corrected chi connectivity index (χ1v) is 7.85. The Hall–Kier alpha value is -0.420. The van der Waals surface area contributed by atoms with Crippen molar-refractivity contribution >= 4 is 0 Å². The Labute approximate surface area is 124 Å². The number of hydrogen-bond acceptors (Lipinski definition) is 4. The molecule has 2 saturated heterocycles. The number of allylic oxidation sites excluding steroid dienone is 1. The number of likely N-dealkylation sites (N-methyl/N-ethyl adjacent to an activating group) is 1. The number of nitrogens with zero attached hydrogens (tertiary/aromatic N) is 3. The summed E-state index contributed by atoms with van der Waals surface area (Å²) in [6.07, 6.45) is 2.83. The van der Waals surface area contributed by atoms with Gasteiger partial charge in [0.05, 0.1) is 6.10 Å². The fourth-order valence-electron chi connectivity index (χ4n) is 3.55. The van der Waals surface area contributed by atoms with Gasteiger partial charge in [0.2, 0.25) is 0 Å². The summed E-state index contributed by atoms with van der Waals surface area (Å²) in [5, 5.41) is 10.4. The van der Waals surface area contributed by atoms with E-state index in [0.717, 1.165) is 52.2 Å². The third kappa shape index (κ3) is 4.04. The normalized spacial score (nSPS) is 30.8. The largest absolute Gasteiger partial charge is 0.390 e. The second-order valence-corrected chi connectivity index (χ2v) is 7.33. The van der Waals surface area contributed by atoms with E-state index in [4.69, 9.17) is 0 Å². The molecule has 0 bridgehead atoms. The maximum Gasteiger partial charge on any atom is 0.0834 e. The molecule has 2 fully saturated rings. The van der Waals surface area contributed by atoms with Gasteiger partial charge in [0.25, 0.3) is 0 Å². The standard InChI is InChI=1S/C16H31N3O/c1-5-6-16(2,3)13-18-11-14(15(20)12-18)19-9-7-17(4)8-10-19/h5,14-15,20H,1,6-13H2,2-4H3/t14-,15-/m1/s1. The molecule has 0 saturated carbocycles. The van der Waals surface area contributed by atoms with Crippen LogP contribution in [0.4, 0.5) is 0 Å². The molecule has 4 heteroatoms. The number of piperazine rings is 1. The van der Waals surface area contributed by atoms with Crippen molar-refractivity contribution in [3.05, 3.63) is 12.7 Å². The number of aliphatic hydroxyl groups is 1. The molecule has 0 aromatic heterocycles. The van der Waals surface area contributed by atoms with Crippen LogP contribution in [0.25, 0.3) is 0 Å². The van der Waals surface area contributed by atoms with Gasteiger partial charge in [0, 0.05) is 51.9 Å². The molecule has 0 unspecified atom stereocenters. The molecule has 1 N–H and O–H groups in total. The first kappa shape index (κ1) is 16.0. The van der Waals surface area contributed by atoms with E-state index in [2.05, 4.69) is 42.2 Å². The van der Waals surface area contributed by atoms with Gasteiger partial charge in [0.1, 0.15) is 0 Å². The Balaban J connectivity index is 1.87. The van der Waals surface area contributed by atoms with E-state index in [1.807, 2.05) is 6.08 Å². The fourth-order valence-corrected chi connectivity index (χ4v) is 3.55. The lowest BCUT2D eigenvalue weighted by molar-refractivity contribution is 0.0512. The predicted octanol–water partition coefficient (Wildman–Crippen LogP) is 0.881. The van der Waals surface area contributed by atoms with E-state index in [9.17, 15) is 5.11 Å². The maximum atomic E-state index is 10.4. The van der Waals surface area contributed by atoms with Crippen LogP contribution < -0.4 is 0 Å². The zero-order valence-electron chi connectivity index (χ0n) is 13.4. The van der Waals surface area contributed by atoms with Crippen LogP contribution in [0.3, 0.4) is 0 Å². The summed E-state index contributed by atoms with van der Waals surface area (Å²) >= 11 is 0. The highest BCUT2D eigenvalue weighted by atomic mass is 16.3. The van der Waals surface area contributed by atoms with E-state index >= 15 is 0 Å². The average Bonchev–Trinajstić information content (AvgIpc) is 2.70.